The molecule has 0 unspecified atom stereocenters. The van der Waals surface area contributed by atoms with Crippen molar-refractivity contribution < 1.29 is 0 Å². The van der Waals surface area contributed by atoms with E-state index in [2.05, 4.69) is 71.6 Å². The second-order valence-electron chi connectivity index (χ2n) is 3.86. The van der Waals surface area contributed by atoms with Crippen LogP contribution in [0.15, 0.2) is 34.8 Å². The lowest BCUT2D eigenvalue weighted by molar-refractivity contribution is 0.957. The zero-order valence-electron chi connectivity index (χ0n) is 9.21. The summed E-state index contributed by atoms with van der Waals surface area (Å²) in [7, 11) is 0. The van der Waals surface area contributed by atoms with Crippen LogP contribution in [-0.4, -0.2) is 4.57 Å². The smallest absolute Gasteiger partial charge is 0.0599 e. The summed E-state index contributed by atoms with van der Waals surface area (Å²) in [6.45, 7) is 6.37. The third-order valence-corrected chi connectivity index (χ3v) is 3.72. The number of hydrogen-bond acceptors (Lipinski definition) is 0. The predicted octanol–water partition coefficient (Wildman–Crippen LogP) is 4.17. The predicted molar refractivity (Wildman–Crippen MR) is 67.7 cm³/mol. The monoisotopic (exact) mass is 263 g/mol. The molecule has 0 amide bonds. The van der Waals surface area contributed by atoms with Crippen molar-refractivity contribution in [3.63, 3.8) is 0 Å². The van der Waals surface area contributed by atoms with Gasteiger partial charge in [0, 0.05) is 15.9 Å². The summed E-state index contributed by atoms with van der Waals surface area (Å²) in [4.78, 5) is 0. The van der Waals surface area contributed by atoms with Crippen LogP contribution >= 0.6 is 15.9 Å². The van der Waals surface area contributed by atoms with Gasteiger partial charge in [-0.25, -0.2) is 0 Å². The fourth-order valence-corrected chi connectivity index (χ4v) is 2.29. The van der Waals surface area contributed by atoms with E-state index in [1.165, 1.54) is 27.1 Å². The molecular weight excluding hydrogens is 250 g/mol. The van der Waals surface area contributed by atoms with E-state index in [0.717, 1.165) is 0 Å². The Balaban J connectivity index is 2.69. The Labute approximate surface area is 98.9 Å². The maximum atomic E-state index is 3.65. The summed E-state index contributed by atoms with van der Waals surface area (Å²) in [5.41, 5.74) is 5.01. The van der Waals surface area contributed by atoms with Crippen LogP contribution in [0.2, 0.25) is 0 Å². The summed E-state index contributed by atoms with van der Waals surface area (Å²) in [5, 5.41) is 0. The third kappa shape index (κ3) is 1.74. The van der Waals surface area contributed by atoms with Gasteiger partial charge in [0.1, 0.15) is 0 Å². The van der Waals surface area contributed by atoms with Crippen LogP contribution in [0.5, 0.6) is 0 Å². The van der Waals surface area contributed by atoms with Gasteiger partial charge in [-0.1, -0.05) is 12.1 Å². The molecule has 15 heavy (non-hydrogen) atoms. The molecule has 0 aliphatic heterocycles. The zero-order chi connectivity index (χ0) is 11.0. The van der Waals surface area contributed by atoms with Gasteiger partial charge in [-0.3, -0.25) is 0 Å². The third-order valence-electron chi connectivity index (χ3n) is 2.68. The maximum absolute atomic E-state index is 3.65. The molecule has 0 aliphatic rings. The average Bonchev–Trinajstić information content (AvgIpc) is 2.52. The standard InChI is InChI=1S/C13H14BrN/c1-9-5-4-6-12(13(9)14)15-10(2)7-8-11(15)3/h4-8H,1-3H3. The second-order valence-corrected chi connectivity index (χ2v) is 4.65. The topological polar surface area (TPSA) is 4.93 Å². The molecule has 0 fully saturated rings. The fourth-order valence-electron chi connectivity index (χ4n) is 1.85. The molecule has 2 rings (SSSR count). The molecule has 0 aliphatic carbocycles. The lowest BCUT2D eigenvalue weighted by atomic mass is 10.2. The van der Waals surface area contributed by atoms with E-state index < -0.39 is 0 Å². The van der Waals surface area contributed by atoms with Gasteiger partial charge in [0.2, 0.25) is 0 Å². The maximum Gasteiger partial charge on any atom is 0.0599 e. The van der Waals surface area contributed by atoms with Crippen LogP contribution in [0.1, 0.15) is 17.0 Å². The molecular formula is C13H14BrN. The summed E-state index contributed by atoms with van der Waals surface area (Å²) < 4.78 is 3.43. The minimum Gasteiger partial charge on any atom is -0.317 e. The van der Waals surface area contributed by atoms with Crippen molar-refractivity contribution in [3.8, 4) is 5.69 Å². The van der Waals surface area contributed by atoms with Crippen molar-refractivity contribution >= 4 is 15.9 Å². The van der Waals surface area contributed by atoms with Crippen molar-refractivity contribution in [2.24, 2.45) is 0 Å². The van der Waals surface area contributed by atoms with Crippen molar-refractivity contribution in [2.45, 2.75) is 20.8 Å². The molecule has 0 saturated carbocycles. The average molecular weight is 264 g/mol. The Bertz CT molecular complexity index is 478. The Morgan fingerprint density at radius 3 is 2.13 bits per heavy atom. The second kappa shape index (κ2) is 3.86. The summed E-state index contributed by atoms with van der Waals surface area (Å²) in [5.74, 6) is 0. The van der Waals surface area contributed by atoms with E-state index in [1.54, 1.807) is 0 Å². The molecule has 2 aromatic rings. The highest BCUT2D eigenvalue weighted by Gasteiger charge is 2.08. The molecule has 0 radical (unpaired) electrons. The van der Waals surface area contributed by atoms with Gasteiger partial charge in [0.25, 0.3) is 0 Å². The van der Waals surface area contributed by atoms with Crippen LogP contribution in [-0.2, 0) is 0 Å². The highest BCUT2D eigenvalue weighted by molar-refractivity contribution is 9.10. The highest BCUT2D eigenvalue weighted by atomic mass is 79.9. The molecule has 1 heterocycles. The van der Waals surface area contributed by atoms with Gasteiger partial charge in [0.05, 0.1) is 5.69 Å². The van der Waals surface area contributed by atoms with Crippen LogP contribution in [0, 0.1) is 20.8 Å². The molecule has 2 heteroatoms. The molecule has 1 aromatic carbocycles. The minimum absolute atomic E-state index is 1.17. The van der Waals surface area contributed by atoms with Gasteiger partial charge >= 0.3 is 0 Å². The lowest BCUT2D eigenvalue weighted by Gasteiger charge is -2.12. The largest absolute Gasteiger partial charge is 0.317 e. The molecule has 78 valence electrons. The van der Waals surface area contributed by atoms with Crippen LogP contribution in [0.3, 0.4) is 0 Å². The number of nitrogens with zero attached hydrogens (tertiary/aromatic N) is 1. The molecule has 0 atom stereocenters. The summed E-state index contributed by atoms with van der Waals surface area (Å²) in [6.07, 6.45) is 0. The molecule has 0 spiro atoms. The number of rotatable bonds is 1. The number of halogens is 1. The van der Waals surface area contributed by atoms with Crippen molar-refractivity contribution in [3.05, 3.63) is 51.8 Å². The van der Waals surface area contributed by atoms with E-state index in [9.17, 15) is 0 Å². The first-order chi connectivity index (χ1) is 7.11. The van der Waals surface area contributed by atoms with E-state index >= 15 is 0 Å². The Morgan fingerprint density at radius 2 is 1.53 bits per heavy atom. The van der Waals surface area contributed by atoms with Crippen LogP contribution in [0.4, 0.5) is 0 Å². The number of hydrogen-bond donors (Lipinski definition) is 0. The van der Waals surface area contributed by atoms with E-state index in [1.807, 2.05) is 0 Å². The van der Waals surface area contributed by atoms with E-state index in [4.69, 9.17) is 0 Å². The highest BCUT2D eigenvalue weighted by Crippen LogP contribution is 2.27. The first-order valence-electron chi connectivity index (χ1n) is 5.01. The van der Waals surface area contributed by atoms with Gasteiger partial charge in [-0.05, 0) is 60.5 Å². The normalized spacial score (nSPS) is 10.7. The first-order valence-corrected chi connectivity index (χ1v) is 5.81. The lowest BCUT2D eigenvalue weighted by Crippen LogP contribution is -2.00. The summed E-state index contributed by atoms with van der Waals surface area (Å²) >= 11 is 3.65. The van der Waals surface area contributed by atoms with Crippen molar-refractivity contribution in [1.29, 1.82) is 0 Å². The van der Waals surface area contributed by atoms with Gasteiger partial charge in [0.15, 0.2) is 0 Å². The van der Waals surface area contributed by atoms with Gasteiger partial charge < -0.3 is 4.57 Å². The van der Waals surface area contributed by atoms with Crippen LogP contribution < -0.4 is 0 Å². The van der Waals surface area contributed by atoms with E-state index in [0.29, 0.717) is 0 Å². The molecule has 0 N–H and O–H groups in total. The fraction of sp³-hybridized carbons (Fsp3) is 0.231. The Hall–Kier alpha value is -1.02. The zero-order valence-corrected chi connectivity index (χ0v) is 10.8. The SMILES string of the molecule is Cc1cccc(-n2c(C)ccc2C)c1Br. The van der Waals surface area contributed by atoms with Crippen molar-refractivity contribution in [2.75, 3.05) is 0 Å². The Kier molecular flexibility index (Phi) is 2.70. The molecule has 0 saturated heterocycles. The van der Waals surface area contributed by atoms with Gasteiger partial charge in [-0.2, -0.15) is 0 Å². The number of aryl methyl sites for hydroxylation is 3. The number of benzene rings is 1. The number of aromatic nitrogens is 1. The first kappa shape index (κ1) is 10.5. The summed E-state index contributed by atoms with van der Waals surface area (Å²) in [6, 6.07) is 10.6. The van der Waals surface area contributed by atoms with Crippen molar-refractivity contribution in [1.82, 2.24) is 4.57 Å². The quantitative estimate of drug-likeness (QED) is 0.728. The molecule has 0 bridgehead atoms. The molecule has 1 nitrogen and oxygen atoms in total. The molecule has 1 aromatic heterocycles. The Morgan fingerprint density at radius 1 is 0.933 bits per heavy atom. The minimum atomic E-state index is 1.17. The van der Waals surface area contributed by atoms with Gasteiger partial charge in [-0.15, -0.1) is 0 Å². The van der Waals surface area contributed by atoms with E-state index in [-0.39, 0.29) is 0 Å². The van der Waals surface area contributed by atoms with Crippen LogP contribution in [0.25, 0.3) is 5.69 Å².